The SMILES string of the molecule is COc1ccc(/C=C/C(=O)NNC(=O)COc2ccc3ccccc3c2Br)cc1. The number of carbonyl (C=O) groups is 2. The first-order valence-electron chi connectivity index (χ1n) is 8.78. The molecule has 0 aliphatic carbocycles. The first kappa shape index (κ1) is 20.4. The number of methoxy groups -OCH3 is 1. The lowest BCUT2D eigenvalue weighted by Crippen LogP contribution is -2.43. The number of rotatable bonds is 6. The van der Waals surface area contributed by atoms with Gasteiger partial charge in [-0.25, -0.2) is 0 Å². The largest absolute Gasteiger partial charge is 0.497 e. The van der Waals surface area contributed by atoms with Crippen LogP contribution >= 0.6 is 15.9 Å². The van der Waals surface area contributed by atoms with Gasteiger partial charge in [0.05, 0.1) is 11.6 Å². The zero-order valence-electron chi connectivity index (χ0n) is 15.6. The molecule has 3 rings (SSSR count). The summed E-state index contributed by atoms with van der Waals surface area (Å²) in [6, 6.07) is 18.8. The number of carbonyl (C=O) groups excluding carboxylic acids is 2. The summed E-state index contributed by atoms with van der Waals surface area (Å²) >= 11 is 3.50. The third-order valence-corrected chi connectivity index (χ3v) is 4.87. The van der Waals surface area contributed by atoms with E-state index in [1.54, 1.807) is 31.4 Å². The predicted octanol–water partition coefficient (Wildman–Crippen LogP) is 3.85. The number of benzene rings is 3. The van der Waals surface area contributed by atoms with Crippen LogP contribution in [0.1, 0.15) is 5.56 Å². The van der Waals surface area contributed by atoms with Crippen LogP contribution < -0.4 is 20.3 Å². The van der Waals surface area contributed by atoms with Gasteiger partial charge < -0.3 is 9.47 Å². The molecule has 6 nitrogen and oxygen atoms in total. The summed E-state index contributed by atoms with van der Waals surface area (Å²) in [4.78, 5) is 23.8. The van der Waals surface area contributed by atoms with Gasteiger partial charge in [0.2, 0.25) is 0 Å². The van der Waals surface area contributed by atoms with Gasteiger partial charge in [-0.3, -0.25) is 20.4 Å². The van der Waals surface area contributed by atoms with Gasteiger partial charge in [-0.15, -0.1) is 0 Å². The molecule has 0 fully saturated rings. The quantitative estimate of drug-likeness (QED) is 0.438. The second-order valence-electron chi connectivity index (χ2n) is 6.03. The first-order valence-corrected chi connectivity index (χ1v) is 9.57. The molecule has 0 saturated heterocycles. The van der Waals surface area contributed by atoms with Crippen molar-refractivity contribution >= 4 is 44.6 Å². The third-order valence-electron chi connectivity index (χ3n) is 4.05. The number of amides is 2. The van der Waals surface area contributed by atoms with Crippen molar-refractivity contribution in [1.29, 1.82) is 0 Å². The maximum absolute atomic E-state index is 11.9. The number of hydrogen-bond donors (Lipinski definition) is 2. The minimum atomic E-state index is -0.476. The van der Waals surface area contributed by atoms with Crippen LogP contribution in [0.2, 0.25) is 0 Å². The molecule has 0 aliphatic heterocycles. The van der Waals surface area contributed by atoms with Crippen molar-refractivity contribution in [2.45, 2.75) is 0 Å². The average molecular weight is 455 g/mol. The minimum Gasteiger partial charge on any atom is -0.497 e. The summed E-state index contributed by atoms with van der Waals surface area (Å²) in [5.41, 5.74) is 5.46. The topological polar surface area (TPSA) is 76.7 Å². The van der Waals surface area contributed by atoms with Crippen LogP contribution in [0.25, 0.3) is 16.8 Å². The number of halogens is 1. The highest BCUT2D eigenvalue weighted by molar-refractivity contribution is 9.10. The molecule has 2 N–H and O–H groups in total. The van der Waals surface area contributed by atoms with Gasteiger partial charge in [0.15, 0.2) is 6.61 Å². The van der Waals surface area contributed by atoms with Crippen LogP contribution in [-0.2, 0) is 9.59 Å². The Bertz CT molecular complexity index is 1050. The van der Waals surface area contributed by atoms with Crippen molar-refractivity contribution in [3.8, 4) is 11.5 Å². The van der Waals surface area contributed by atoms with Crippen molar-refractivity contribution in [2.24, 2.45) is 0 Å². The average Bonchev–Trinajstić information content (AvgIpc) is 2.76. The van der Waals surface area contributed by atoms with Crippen molar-refractivity contribution in [3.63, 3.8) is 0 Å². The maximum Gasteiger partial charge on any atom is 0.276 e. The highest BCUT2D eigenvalue weighted by atomic mass is 79.9. The monoisotopic (exact) mass is 454 g/mol. The van der Waals surface area contributed by atoms with E-state index in [0.717, 1.165) is 26.6 Å². The molecule has 3 aromatic carbocycles. The van der Waals surface area contributed by atoms with E-state index in [1.807, 2.05) is 42.5 Å². The van der Waals surface area contributed by atoms with Gasteiger partial charge in [0.25, 0.3) is 11.8 Å². The Morgan fingerprint density at radius 1 is 1.00 bits per heavy atom. The summed E-state index contributed by atoms with van der Waals surface area (Å²) in [5.74, 6) is 0.346. The Labute approximate surface area is 176 Å². The lowest BCUT2D eigenvalue weighted by molar-refractivity contribution is -0.128. The van der Waals surface area contributed by atoms with Crippen LogP contribution in [0.5, 0.6) is 11.5 Å². The van der Waals surface area contributed by atoms with E-state index in [0.29, 0.717) is 5.75 Å². The second kappa shape index (κ2) is 9.75. The zero-order valence-corrected chi connectivity index (χ0v) is 17.2. The Hall–Kier alpha value is -3.32. The molecular weight excluding hydrogens is 436 g/mol. The van der Waals surface area contributed by atoms with Gasteiger partial charge in [0, 0.05) is 6.08 Å². The van der Waals surface area contributed by atoms with E-state index in [2.05, 4.69) is 26.8 Å². The highest BCUT2D eigenvalue weighted by Crippen LogP contribution is 2.32. The van der Waals surface area contributed by atoms with Crippen LogP contribution in [0, 0.1) is 0 Å². The number of fused-ring (bicyclic) bond motifs is 1. The molecule has 0 saturated carbocycles. The van der Waals surface area contributed by atoms with E-state index in [4.69, 9.17) is 9.47 Å². The van der Waals surface area contributed by atoms with Gasteiger partial charge >= 0.3 is 0 Å². The van der Waals surface area contributed by atoms with Crippen LogP contribution in [-0.4, -0.2) is 25.5 Å². The predicted molar refractivity (Wildman–Crippen MR) is 115 cm³/mol. The molecule has 29 heavy (non-hydrogen) atoms. The number of nitrogens with one attached hydrogen (secondary N) is 2. The molecule has 0 heterocycles. The molecule has 0 atom stereocenters. The smallest absolute Gasteiger partial charge is 0.276 e. The maximum atomic E-state index is 11.9. The molecule has 0 aliphatic rings. The summed E-state index contributed by atoms with van der Waals surface area (Å²) in [7, 11) is 1.59. The number of ether oxygens (including phenoxy) is 2. The van der Waals surface area contributed by atoms with E-state index in [-0.39, 0.29) is 6.61 Å². The Morgan fingerprint density at radius 2 is 1.76 bits per heavy atom. The van der Waals surface area contributed by atoms with Gasteiger partial charge in [0.1, 0.15) is 11.5 Å². The van der Waals surface area contributed by atoms with E-state index in [1.165, 1.54) is 6.08 Å². The van der Waals surface area contributed by atoms with Crippen molar-refractivity contribution in [3.05, 3.63) is 76.8 Å². The molecule has 0 bridgehead atoms. The molecule has 0 radical (unpaired) electrons. The second-order valence-corrected chi connectivity index (χ2v) is 6.82. The molecule has 148 valence electrons. The van der Waals surface area contributed by atoms with Gasteiger partial charge in [-0.1, -0.05) is 42.5 Å². The van der Waals surface area contributed by atoms with Gasteiger partial charge in [-0.2, -0.15) is 0 Å². The number of hydrazine groups is 1. The Morgan fingerprint density at radius 3 is 2.52 bits per heavy atom. The Kier molecular flexibility index (Phi) is 6.86. The lowest BCUT2D eigenvalue weighted by atomic mass is 10.1. The third kappa shape index (κ3) is 5.58. The standard InChI is InChI=1S/C22H19BrN2O4/c1-28-17-10-6-15(7-11-17)8-13-20(26)24-25-21(27)14-29-19-12-9-16-4-2-3-5-18(16)22(19)23/h2-13H,14H2,1H3,(H,24,26)(H,25,27)/b13-8+. The summed E-state index contributed by atoms with van der Waals surface area (Å²) in [6.07, 6.45) is 2.95. The zero-order chi connectivity index (χ0) is 20.6. The highest BCUT2D eigenvalue weighted by Gasteiger charge is 2.09. The molecule has 0 unspecified atom stereocenters. The fourth-order valence-electron chi connectivity index (χ4n) is 2.56. The van der Waals surface area contributed by atoms with Crippen LogP contribution in [0.15, 0.2) is 71.2 Å². The van der Waals surface area contributed by atoms with E-state index < -0.39 is 11.8 Å². The molecular formula is C22H19BrN2O4. The summed E-state index contributed by atoms with van der Waals surface area (Å²) in [5, 5.41) is 2.05. The summed E-state index contributed by atoms with van der Waals surface area (Å²) < 4.78 is 11.4. The van der Waals surface area contributed by atoms with Crippen molar-refractivity contribution in [1.82, 2.24) is 10.9 Å². The normalized spacial score (nSPS) is 10.7. The molecule has 7 heteroatoms. The molecule has 3 aromatic rings. The minimum absolute atomic E-state index is 0.237. The van der Waals surface area contributed by atoms with Crippen molar-refractivity contribution in [2.75, 3.05) is 13.7 Å². The van der Waals surface area contributed by atoms with E-state index in [9.17, 15) is 9.59 Å². The number of hydrogen-bond acceptors (Lipinski definition) is 4. The molecule has 0 aromatic heterocycles. The molecule has 2 amide bonds. The first-order chi connectivity index (χ1) is 14.1. The van der Waals surface area contributed by atoms with Gasteiger partial charge in [-0.05, 0) is 56.5 Å². The molecule has 0 spiro atoms. The lowest BCUT2D eigenvalue weighted by Gasteiger charge is -2.10. The van der Waals surface area contributed by atoms with Crippen LogP contribution in [0.4, 0.5) is 0 Å². The fraction of sp³-hybridized carbons (Fsp3) is 0.0909. The summed E-state index contributed by atoms with van der Waals surface area (Å²) in [6.45, 7) is -0.237. The van der Waals surface area contributed by atoms with Crippen LogP contribution in [0.3, 0.4) is 0 Å². The Balaban J connectivity index is 1.47. The fourth-order valence-corrected chi connectivity index (χ4v) is 3.17. The van der Waals surface area contributed by atoms with E-state index >= 15 is 0 Å². The van der Waals surface area contributed by atoms with Crippen molar-refractivity contribution < 1.29 is 19.1 Å².